The van der Waals surface area contributed by atoms with Crippen molar-refractivity contribution in [3.05, 3.63) is 53.8 Å². The summed E-state index contributed by atoms with van der Waals surface area (Å²) >= 11 is 0. The quantitative estimate of drug-likeness (QED) is 0.776. The normalized spacial score (nSPS) is 10.8. The van der Waals surface area contributed by atoms with Crippen molar-refractivity contribution in [3.8, 4) is 0 Å². The molecule has 0 aromatic carbocycles. The van der Waals surface area contributed by atoms with E-state index in [9.17, 15) is 4.79 Å². The zero-order chi connectivity index (χ0) is 14.8. The molecule has 0 aliphatic heterocycles. The summed E-state index contributed by atoms with van der Waals surface area (Å²) in [5.41, 5.74) is 2.77. The summed E-state index contributed by atoms with van der Waals surface area (Å²) in [6.07, 6.45) is 6.87. The minimum absolute atomic E-state index is 0.229. The van der Waals surface area contributed by atoms with Crippen LogP contribution in [0.4, 0.5) is 0 Å². The molecule has 3 aromatic heterocycles. The lowest BCUT2D eigenvalue weighted by molar-refractivity contribution is 0.0945. The van der Waals surface area contributed by atoms with Crippen molar-refractivity contribution < 1.29 is 4.79 Å². The summed E-state index contributed by atoms with van der Waals surface area (Å²) in [5, 5.41) is 2.84. The topological polar surface area (TPSA) is 85.1 Å². The van der Waals surface area contributed by atoms with Gasteiger partial charge in [-0.1, -0.05) is 0 Å². The lowest BCUT2D eigenvalue weighted by Crippen LogP contribution is -2.25. The van der Waals surface area contributed by atoms with Gasteiger partial charge >= 0.3 is 0 Å². The van der Waals surface area contributed by atoms with E-state index in [1.807, 2.05) is 17.5 Å². The second-order valence-electron chi connectivity index (χ2n) is 4.68. The summed E-state index contributed by atoms with van der Waals surface area (Å²) in [4.78, 5) is 28.7. The van der Waals surface area contributed by atoms with Gasteiger partial charge in [0.25, 0.3) is 5.91 Å². The van der Waals surface area contributed by atoms with Crippen molar-refractivity contribution in [3.63, 3.8) is 0 Å². The van der Waals surface area contributed by atoms with E-state index in [1.165, 1.54) is 0 Å². The molecular formula is C14H14N6O. The van der Waals surface area contributed by atoms with E-state index >= 15 is 0 Å². The number of rotatable bonds is 3. The van der Waals surface area contributed by atoms with E-state index in [0.29, 0.717) is 18.1 Å². The Kier molecular flexibility index (Phi) is 3.31. The zero-order valence-corrected chi connectivity index (χ0v) is 11.7. The number of carbonyl (C=O) groups excluding carboxylic acids is 1. The molecule has 1 N–H and O–H groups in total. The van der Waals surface area contributed by atoms with Crippen molar-refractivity contribution in [2.24, 2.45) is 0 Å². The van der Waals surface area contributed by atoms with Crippen LogP contribution in [0.5, 0.6) is 0 Å². The van der Waals surface area contributed by atoms with Crippen LogP contribution in [-0.4, -0.2) is 30.2 Å². The Morgan fingerprint density at radius 1 is 1.29 bits per heavy atom. The molecule has 7 nitrogen and oxygen atoms in total. The third-order valence-electron chi connectivity index (χ3n) is 3.02. The Morgan fingerprint density at radius 2 is 2.14 bits per heavy atom. The molecule has 0 saturated heterocycles. The molecule has 0 unspecified atom stereocenters. The van der Waals surface area contributed by atoms with E-state index < -0.39 is 0 Å². The lowest BCUT2D eigenvalue weighted by atomic mass is 10.3. The first-order chi connectivity index (χ1) is 10.1. The number of hydrogen-bond acceptors (Lipinski definition) is 5. The Labute approximate surface area is 121 Å². The van der Waals surface area contributed by atoms with Gasteiger partial charge in [0.1, 0.15) is 11.5 Å². The highest BCUT2D eigenvalue weighted by molar-refractivity contribution is 5.92. The second kappa shape index (κ2) is 5.28. The highest BCUT2D eigenvalue weighted by atomic mass is 16.1. The van der Waals surface area contributed by atoms with Gasteiger partial charge in [-0.25, -0.2) is 15.0 Å². The molecule has 3 heterocycles. The third kappa shape index (κ3) is 2.71. The molecule has 0 spiro atoms. The highest BCUT2D eigenvalue weighted by Gasteiger charge is 2.10. The third-order valence-corrected chi connectivity index (χ3v) is 3.02. The first-order valence-corrected chi connectivity index (χ1v) is 6.50. The maximum absolute atomic E-state index is 12.1. The average Bonchev–Trinajstić information content (AvgIpc) is 2.87. The van der Waals surface area contributed by atoms with Crippen molar-refractivity contribution in [1.82, 2.24) is 29.7 Å². The largest absolute Gasteiger partial charge is 0.345 e. The van der Waals surface area contributed by atoms with Crippen LogP contribution in [0.25, 0.3) is 5.65 Å². The molecule has 0 aliphatic rings. The number of aryl methyl sites for hydroxylation is 2. The molecule has 3 aromatic rings. The molecule has 1 amide bonds. The molecule has 0 saturated carbocycles. The Balaban J connectivity index is 1.76. The van der Waals surface area contributed by atoms with E-state index in [1.54, 1.807) is 31.6 Å². The van der Waals surface area contributed by atoms with Crippen LogP contribution in [-0.2, 0) is 6.54 Å². The van der Waals surface area contributed by atoms with E-state index in [2.05, 4.69) is 25.3 Å². The van der Waals surface area contributed by atoms with Gasteiger partial charge in [0, 0.05) is 18.1 Å². The molecular weight excluding hydrogens is 268 g/mol. The second-order valence-corrected chi connectivity index (χ2v) is 4.68. The molecule has 0 atom stereocenters. The van der Waals surface area contributed by atoms with Crippen LogP contribution in [0.3, 0.4) is 0 Å². The highest BCUT2D eigenvalue weighted by Crippen LogP contribution is 2.05. The Bertz CT molecular complexity index is 790. The van der Waals surface area contributed by atoms with E-state index in [-0.39, 0.29) is 5.91 Å². The van der Waals surface area contributed by atoms with Gasteiger partial charge in [-0.2, -0.15) is 0 Å². The minimum Gasteiger partial charge on any atom is -0.345 e. The maximum Gasteiger partial charge on any atom is 0.270 e. The molecule has 0 radical (unpaired) electrons. The summed E-state index contributed by atoms with van der Waals surface area (Å²) in [5.74, 6) is 0.355. The first-order valence-electron chi connectivity index (χ1n) is 6.50. The molecule has 0 bridgehead atoms. The number of imidazole rings is 1. The van der Waals surface area contributed by atoms with Gasteiger partial charge in [0.05, 0.1) is 24.6 Å². The molecule has 21 heavy (non-hydrogen) atoms. The SMILES string of the molecule is Cc1cc(C(=O)NCc2cnc3cnccn23)nc(C)n1. The van der Waals surface area contributed by atoms with Crippen LogP contribution in [0.2, 0.25) is 0 Å². The monoisotopic (exact) mass is 282 g/mol. The van der Waals surface area contributed by atoms with Crippen LogP contribution in [0.15, 0.2) is 30.9 Å². The van der Waals surface area contributed by atoms with Crippen LogP contribution in [0.1, 0.15) is 27.7 Å². The van der Waals surface area contributed by atoms with Crippen molar-refractivity contribution in [2.45, 2.75) is 20.4 Å². The molecule has 106 valence electrons. The summed E-state index contributed by atoms with van der Waals surface area (Å²) in [7, 11) is 0. The van der Waals surface area contributed by atoms with Gasteiger partial charge in [-0.15, -0.1) is 0 Å². The van der Waals surface area contributed by atoms with Gasteiger partial charge < -0.3 is 5.32 Å². The summed E-state index contributed by atoms with van der Waals surface area (Å²) < 4.78 is 1.88. The number of nitrogens with zero attached hydrogens (tertiary/aromatic N) is 5. The number of nitrogens with one attached hydrogen (secondary N) is 1. The van der Waals surface area contributed by atoms with Crippen LogP contribution >= 0.6 is 0 Å². The van der Waals surface area contributed by atoms with Gasteiger partial charge in [-0.05, 0) is 19.9 Å². The number of amides is 1. The number of hydrogen-bond donors (Lipinski definition) is 1. The summed E-state index contributed by atoms with van der Waals surface area (Å²) in [6.45, 7) is 3.97. The molecule has 0 fully saturated rings. The van der Waals surface area contributed by atoms with Crippen molar-refractivity contribution >= 4 is 11.6 Å². The van der Waals surface area contributed by atoms with E-state index in [4.69, 9.17) is 0 Å². The Morgan fingerprint density at radius 3 is 2.95 bits per heavy atom. The van der Waals surface area contributed by atoms with E-state index in [0.717, 1.165) is 17.0 Å². The predicted molar refractivity (Wildman–Crippen MR) is 75.7 cm³/mol. The Hall–Kier alpha value is -2.83. The molecule has 7 heteroatoms. The van der Waals surface area contributed by atoms with Crippen LogP contribution < -0.4 is 5.32 Å². The fraction of sp³-hybridized carbons (Fsp3) is 0.214. The number of fused-ring (bicyclic) bond motifs is 1. The minimum atomic E-state index is -0.229. The van der Waals surface area contributed by atoms with Gasteiger partial charge in [0.2, 0.25) is 0 Å². The zero-order valence-electron chi connectivity index (χ0n) is 11.7. The standard InChI is InChI=1S/C14H14N6O/c1-9-5-12(19-10(2)18-9)14(21)17-7-11-6-16-13-8-15-3-4-20(11)13/h3-6,8H,7H2,1-2H3,(H,17,21). The lowest BCUT2D eigenvalue weighted by Gasteiger charge is -2.06. The summed E-state index contributed by atoms with van der Waals surface area (Å²) in [6, 6.07) is 1.67. The molecule has 3 rings (SSSR count). The average molecular weight is 282 g/mol. The van der Waals surface area contributed by atoms with Gasteiger partial charge in [-0.3, -0.25) is 14.2 Å². The van der Waals surface area contributed by atoms with Crippen molar-refractivity contribution in [2.75, 3.05) is 0 Å². The van der Waals surface area contributed by atoms with Gasteiger partial charge in [0.15, 0.2) is 5.65 Å². The number of aromatic nitrogens is 5. The maximum atomic E-state index is 12.1. The smallest absolute Gasteiger partial charge is 0.270 e. The van der Waals surface area contributed by atoms with Crippen molar-refractivity contribution in [1.29, 1.82) is 0 Å². The molecule has 0 aliphatic carbocycles. The van der Waals surface area contributed by atoms with Crippen LogP contribution in [0, 0.1) is 13.8 Å². The first kappa shape index (κ1) is 13.2. The fourth-order valence-corrected chi connectivity index (χ4v) is 2.12. The number of carbonyl (C=O) groups is 1. The fourth-order valence-electron chi connectivity index (χ4n) is 2.12. The predicted octanol–water partition coefficient (Wildman–Crippen LogP) is 1.07.